The minimum Gasteiger partial charge on any atom is -0.355 e. The Labute approximate surface area is 188 Å². The van der Waals surface area contributed by atoms with Crippen molar-refractivity contribution in [2.75, 3.05) is 70.9 Å². The highest BCUT2D eigenvalue weighted by atomic mass is 15.3. The lowest BCUT2D eigenvalue weighted by molar-refractivity contribution is 0.161. The normalized spacial score (nSPS) is 20.5. The van der Waals surface area contributed by atoms with Gasteiger partial charge in [-0.05, 0) is 37.9 Å². The Balaban J connectivity index is 1.36. The Morgan fingerprint density at radius 3 is 2.26 bits per heavy atom. The van der Waals surface area contributed by atoms with Crippen LogP contribution in [-0.4, -0.2) is 97.7 Å². The molecule has 0 saturated carbocycles. The third-order valence-electron chi connectivity index (χ3n) is 6.51. The number of piperazine rings is 1. The summed E-state index contributed by atoms with van der Waals surface area (Å²) in [5, 5.41) is 7.10. The van der Waals surface area contributed by atoms with E-state index in [1.54, 1.807) is 0 Å². The standard InChI is InChI=1S/C23H42N8/c1-20(2)21(30-12-6-4-5-7-13-30)19-28-22(24-3)25-11-14-29-15-17-31(18-16-29)23-26-9-8-10-27-23/h8-10,20-21H,4-7,11-19H2,1-3H3,(H2,24,25,28). The average Bonchev–Trinajstić information content (AvgIpc) is 3.08. The summed E-state index contributed by atoms with van der Waals surface area (Å²) in [4.78, 5) is 20.6. The van der Waals surface area contributed by atoms with Gasteiger partial charge in [0.25, 0.3) is 0 Å². The van der Waals surface area contributed by atoms with Crippen molar-refractivity contribution in [2.24, 2.45) is 10.9 Å². The lowest BCUT2D eigenvalue weighted by atomic mass is 10.0. The average molecular weight is 431 g/mol. The second kappa shape index (κ2) is 12.8. The maximum atomic E-state index is 4.45. The number of aliphatic imine (C=N–C) groups is 1. The Hall–Kier alpha value is -1.93. The van der Waals surface area contributed by atoms with Crippen LogP contribution in [0.4, 0.5) is 5.95 Å². The minimum atomic E-state index is 0.560. The van der Waals surface area contributed by atoms with Crippen LogP contribution in [-0.2, 0) is 0 Å². The molecule has 2 fully saturated rings. The molecule has 31 heavy (non-hydrogen) atoms. The highest BCUT2D eigenvalue weighted by Crippen LogP contribution is 2.17. The molecular weight excluding hydrogens is 388 g/mol. The van der Waals surface area contributed by atoms with E-state index in [1.807, 2.05) is 25.5 Å². The van der Waals surface area contributed by atoms with Crippen LogP contribution in [0.1, 0.15) is 39.5 Å². The van der Waals surface area contributed by atoms with E-state index in [4.69, 9.17) is 0 Å². The summed E-state index contributed by atoms with van der Waals surface area (Å²) in [5.74, 6) is 2.39. The fourth-order valence-corrected chi connectivity index (χ4v) is 4.59. The quantitative estimate of drug-likeness (QED) is 0.480. The van der Waals surface area contributed by atoms with Crippen molar-refractivity contribution in [1.29, 1.82) is 0 Å². The SMILES string of the molecule is CN=C(NCCN1CCN(c2ncccn2)CC1)NCC(C(C)C)N1CCCCCC1. The minimum absolute atomic E-state index is 0.560. The zero-order chi connectivity index (χ0) is 21.9. The van der Waals surface area contributed by atoms with Crippen LogP contribution >= 0.6 is 0 Å². The van der Waals surface area contributed by atoms with Crippen molar-refractivity contribution in [3.8, 4) is 0 Å². The first-order chi connectivity index (χ1) is 15.2. The van der Waals surface area contributed by atoms with Crippen molar-refractivity contribution >= 4 is 11.9 Å². The van der Waals surface area contributed by atoms with E-state index in [0.717, 1.165) is 57.7 Å². The van der Waals surface area contributed by atoms with Gasteiger partial charge in [0.2, 0.25) is 5.95 Å². The van der Waals surface area contributed by atoms with Gasteiger partial charge in [-0.15, -0.1) is 0 Å². The molecule has 174 valence electrons. The summed E-state index contributed by atoms with van der Waals surface area (Å²) in [6.45, 7) is 14.0. The van der Waals surface area contributed by atoms with Crippen molar-refractivity contribution in [3.05, 3.63) is 18.5 Å². The zero-order valence-corrected chi connectivity index (χ0v) is 19.8. The summed E-state index contributed by atoms with van der Waals surface area (Å²) >= 11 is 0. The van der Waals surface area contributed by atoms with Crippen LogP contribution in [0.25, 0.3) is 0 Å². The fourth-order valence-electron chi connectivity index (χ4n) is 4.59. The number of nitrogens with zero attached hydrogens (tertiary/aromatic N) is 6. The van der Waals surface area contributed by atoms with Crippen LogP contribution in [0.3, 0.4) is 0 Å². The molecule has 0 spiro atoms. The number of anilines is 1. The molecule has 0 bridgehead atoms. The van der Waals surface area contributed by atoms with Crippen LogP contribution in [0.2, 0.25) is 0 Å². The highest BCUT2D eigenvalue weighted by Gasteiger charge is 2.23. The summed E-state index contributed by atoms with van der Waals surface area (Å²) in [6, 6.07) is 2.42. The van der Waals surface area contributed by atoms with Gasteiger partial charge in [-0.2, -0.15) is 0 Å². The summed E-state index contributed by atoms with van der Waals surface area (Å²) in [6.07, 6.45) is 9.05. The molecule has 8 nitrogen and oxygen atoms in total. The second-order valence-electron chi connectivity index (χ2n) is 9.02. The van der Waals surface area contributed by atoms with Gasteiger partial charge in [-0.25, -0.2) is 9.97 Å². The van der Waals surface area contributed by atoms with Crippen LogP contribution < -0.4 is 15.5 Å². The van der Waals surface area contributed by atoms with Crippen molar-refractivity contribution < 1.29 is 0 Å². The van der Waals surface area contributed by atoms with Gasteiger partial charge in [-0.3, -0.25) is 14.8 Å². The molecule has 2 aliphatic heterocycles. The molecule has 2 aliphatic rings. The van der Waals surface area contributed by atoms with Gasteiger partial charge in [0.05, 0.1) is 0 Å². The predicted octanol–water partition coefficient (Wildman–Crippen LogP) is 1.66. The van der Waals surface area contributed by atoms with Crippen LogP contribution in [0.15, 0.2) is 23.5 Å². The van der Waals surface area contributed by atoms with Gasteiger partial charge in [-0.1, -0.05) is 26.7 Å². The van der Waals surface area contributed by atoms with Gasteiger partial charge in [0, 0.05) is 71.3 Å². The number of hydrogen-bond acceptors (Lipinski definition) is 6. The molecule has 1 aromatic rings. The van der Waals surface area contributed by atoms with Crippen LogP contribution in [0.5, 0.6) is 0 Å². The first-order valence-corrected chi connectivity index (χ1v) is 12.1. The Morgan fingerprint density at radius 1 is 0.968 bits per heavy atom. The number of guanidine groups is 1. The van der Waals surface area contributed by atoms with E-state index in [9.17, 15) is 0 Å². The number of rotatable bonds is 8. The zero-order valence-electron chi connectivity index (χ0n) is 19.8. The molecule has 0 radical (unpaired) electrons. The van der Waals surface area contributed by atoms with Gasteiger partial charge in [0.15, 0.2) is 5.96 Å². The van der Waals surface area contributed by atoms with Crippen molar-refractivity contribution in [3.63, 3.8) is 0 Å². The lowest BCUT2D eigenvalue weighted by Crippen LogP contribution is -2.51. The van der Waals surface area contributed by atoms with E-state index in [2.05, 4.69) is 54.1 Å². The van der Waals surface area contributed by atoms with Gasteiger partial charge < -0.3 is 15.5 Å². The number of hydrogen-bond donors (Lipinski definition) is 2. The Bertz CT molecular complexity index is 634. The van der Waals surface area contributed by atoms with E-state index < -0.39 is 0 Å². The van der Waals surface area contributed by atoms with E-state index in [-0.39, 0.29) is 0 Å². The third-order valence-corrected chi connectivity index (χ3v) is 6.51. The lowest BCUT2D eigenvalue weighted by Gasteiger charge is -2.35. The van der Waals surface area contributed by atoms with E-state index in [0.29, 0.717) is 12.0 Å². The molecule has 8 heteroatoms. The molecule has 3 heterocycles. The molecule has 0 aliphatic carbocycles. The van der Waals surface area contributed by atoms with E-state index in [1.165, 1.54) is 38.8 Å². The first kappa shape index (κ1) is 23.7. The second-order valence-corrected chi connectivity index (χ2v) is 9.02. The summed E-state index contributed by atoms with van der Waals surface area (Å²) in [5.41, 5.74) is 0. The maximum Gasteiger partial charge on any atom is 0.225 e. The monoisotopic (exact) mass is 430 g/mol. The molecule has 1 atom stereocenters. The molecule has 2 saturated heterocycles. The van der Waals surface area contributed by atoms with Crippen molar-refractivity contribution in [2.45, 2.75) is 45.6 Å². The molecule has 1 unspecified atom stereocenters. The molecular formula is C23H42N8. The number of nitrogens with one attached hydrogen (secondary N) is 2. The first-order valence-electron chi connectivity index (χ1n) is 12.1. The Morgan fingerprint density at radius 2 is 1.65 bits per heavy atom. The molecule has 0 aromatic carbocycles. The molecule has 2 N–H and O–H groups in total. The van der Waals surface area contributed by atoms with Gasteiger partial charge in [0.1, 0.15) is 0 Å². The molecule has 1 aromatic heterocycles. The third kappa shape index (κ3) is 7.61. The predicted molar refractivity (Wildman–Crippen MR) is 129 cm³/mol. The topological polar surface area (TPSA) is 71.9 Å². The number of aromatic nitrogens is 2. The molecule has 0 amide bonds. The maximum absolute atomic E-state index is 4.45. The summed E-state index contributed by atoms with van der Waals surface area (Å²) < 4.78 is 0. The fraction of sp³-hybridized carbons (Fsp3) is 0.783. The van der Waals surface area contributed by atoms with E-state index >= 15 is 0 Å². The highest BCUT2D eigenvalue weighted by molar-refractivity contribution is 5.79. The smallest absolute Gasteiger partial charge is 0.225 e. The molecule has 3 rings (SSSR count). The van der Waals surface area contributed by atoms with Crippen molar-refractivity contribution in [1.82, 2.24) is 30.4 Å². The summed E-state index contributed by atoms with van der Waals surface area (Å²) in [7, 11) is 1.87. The number of likely N-dealkylation sites (tertiary alicyclic amines) is 1. The van der Waals surface area contributed by atoms with Gasteiger partial charge >= 0.3 is 0 Å². The Kier molecular flexibility index (Phi) is 9.81. The van der Waals surface area contributed by atoms with Crippen LogP contribution in [0, 0.1) is 5.92 Å². The largest absolute Gasteiger partial charge is 0.355 e.